The average Bonchev–Trinajstić information content (AvgIpc) is 2.06. The van der Waals surface area contributed by atoms with Crippen LogP contribution in [0.4, 0.5) is 17.6 Å². The smallest absolute Gasteiger partial charge is 0.316 e. The van der Waals surface area contributed by atoms with Gasteiger partial charge in [0, 0.05) is 5.56 Å². The van der Waals surface area contributed by atoms with Crippen molar-refractivity contribution in [2.45, 2.75) is 19.1 Å². The van der Waals surface area contributed by atoms with Crippen LogP contribution in [0.3, 0.4) is 0 Å². The zero-order chi connectivity index (χ0) is 10.9. The highest BCUT2D eigenvalue weighted by atomic mass is 19.4. The third-order valence-corrected chi connectivity index (χ3v) is 1.84. The van der Waals surface area contributed by atoms with Crippen molar-refractivity contribution >= 4 is 0 Å². The van der Waals surface area contributed by atoms with Gasteiger partial charge in [-0.25, -0.2) is 4.39 Å². The first-order chi connectivity index (χ1) is 6.32. The van der Waals surface area contributed by atoms with Gasteiger partial charge < -0.3 is 5.73 Å². The van der Waals surface area contributed by atoms with Crippen molar-refractivity contribution < 1.29 is 17.6 Å². The molecule has 5 heteroatoms. The Kier molecular flexibility index (Phi) is 2.80. The molecule has 0 amide bonds. The monoisotopic (exact) mass is 207 g/mol. The summed E-state index contributed by atoms with van der Waals surface area (Å²) in [5, 5.41) is 0. The predicted molar refractivity (Wildman–Crippen MR) is 44.1 cm³/mol. The van der Waals surface area contributed by atoms with Gasteiger partial charge in [-0.2, -0.15) is 13.2 Å². The van der Waals surface area contributed by atoms with Crippen LogP contribution in [0.1, 0.15) is 17.2 Å². The molecule has 0 bridgehead atoms. The molecule has 0 saturated heterocycles. The van der Waals surface area contributed by atoms with Gasteiger partial charge in [-0.05, 0) is 13.0 Å². The molecular weight excluding hydrogens is 198 g/mol. The van der Waals surface area contributed by atoms with Crippen LogP contribution in [0.2, 0.25) is 0 Å². The molecule has 2 N–H and O–H groups in total. The van der Waals surface area contributed by atoms with E-state index in [4.69, 9.17) is 5.73 Å². The van der Waals surface area contributed by atoms with Gasteiger partial charge in [0.2, 0.25) is 0 Å². The van der Waals surface area contributed by atoms with Crippen LogP contribution in [0.5, 0.6) is 0 Å². The SMILES string of the molecule is Cc1ccc(F)c(C(N)C(F)(F)F)c1. The minimum absolute atomic E-state index is 0.516. The first-order valence-corrected chi connectivity index (χ1v) is 3.90. The van der Waals surface area contributed by atoms with E-state index in [1.165, 1.54) is 6.07 Å². The summed E-state index contributed by atoms with van der Waals surface area (Å²) in [6, 6.07) is 1.22. The molecule has 0 heterocycles. The van der Waals surface area contributed by atoms with Gasteiger partial charge in [-0.15, -0.1) is 0 Å². The third kappa shape index (κ3) is 2.23. The van der Waals surface area contributed by atoms with Crippen molar-refractivity contribution in [2.75, 3.05) is 0 Å². The molecule has 0 saturated carbocycles. The van der Waals surface area contributed by atoms with Crippen LogP contribution in [0, 0.1) is 12.7 Å². The molecule has 0 aliphatic rings. The number of halogens is 4. The Bertz CT molecular complexity index is 332. The van der Waals surface area contributed by atoms with E-state index in [-0.39, 0.29) is 0 Å². The largest absolute Gasteiger partial charge is 0.407 e. The number of alkyl halides is 3. The highest BCUT2D eigenvalue weighted by molar-refractivity contribution is 5.27. The Morgan fingerprint density at radius 3 is 2.36 bits per heavy atom. The maximum atomic E-state index is 13.0. The molecule has 1 nitrogen and oxygen atoms in total. The maximum absolute atomic E-state index is 13.0. The number of hydrogen-bond acceptors (Lipinski definition) is 1. The Morgan fingerprint density at radius 2 is 1.86 bits per heavy atom. The topological polar surface area (TPSA) is 26.0 Å². The summed E-state index contributed by atoms with van der Waals surface area (Å²) in [4.78, 5) is 0. The highest BCUT2D eigenvalue weighted by Crippen LogP contribution is 2.31. The number of nitrogens with two attached hydrogens (primary N) is 1. The van der Waals surface area contributed by atoms with Crippen molar-refractivity contribution in [1.82, 2.24) is 0 Å². The molecule has 0 spiro atoms. The summed E-state index contributed by atoms with van der Waals surface area (Å²) in [6.07, 6.45) is -4.62. The Hall–Kier alpha value is -1.10. The number of aryl methyl sites for hydroxylation is 1. The number of hydrogen-bond donors (Lipinski definition) is 1. The van der Waals surface area contributed by atoms with Gasteiger partial charge in [0.25, 0.3) is 0 Å². The molecule has 1 aromatic carbocycles. The second kappa shape index (κ2) is 3.57. The van der Waals surface area contributed by atoms with Gasteiger partial charge in [-0.3, -0.25) is 0 Å². The van der Waals surface area contributed by atoms with Crippen molar-refractivity contribution in [3.05, 3.63) is 35.1 Å². The van der Waals surface area contributed by atoms with Gasteiger partial charge in [0.15, 0.2) is 0 Å². The fraction of sp³-hybridized carbons (Fsp3) is 0.333. The summed E-state index contributed by atoms with van der Waals surface area (Å²) in [6.45, 7) is 1.58. The van der Waals surface area contributed by atoms with Gasteiger partial charge in [-0.1, -0.05) is 17.7 Å². The Morgan fingerprint density at radius 1 is 1.29 bits per heavy atom. The fourth-order valence-corrected chi connectivity index (χ4v) is 1.08. The first-order valence-electron chi connectivity index (χ1n) is 3.90. The molecule has 0 aromatic heterocycles. The van der Waals surface area contributed by atoms with Gasteiger partial charge in [0.05, 0.1) is 0 Å². The zero-order valence-electron chi connectivity index (χ0n) is 7.40. The van der Waals surface area contributed by atoms with Crippen LogP contribution >= 0.6 is 0 Å². The molecule has 14 heavy (non-hydrogen) atoms. The average molecular weight is 207 g/mol. The van der Waals surface area contributed by atoms with Gasteiger partial charge >= 0.3 is 6.18 Å². The van der Waals surface area contributed by atoms with Crippen molar-refractivity contribution in [1.29, 1.82) is 0 Å². The quantitative estimate of drug-likeness (QED) is 0.704. The molecule has 0 aliphatic heterocycles. The predicted octanol–water partition coefficient (Wildman–Crippen LogP) is 2.70. The molecule has 1 atom stereocenters. The lowest BCUT2D eigenvalue weighted by Crippen LogP contribution is -2.29. The van der Waals surface area contributed by atoms with E-state index >= 15 is 0 Å². The van der Waals surface area contributed by atoms with E-state index in [1.54, 1.807) is 6.92 Å². The summed E-state index contributed by atoms with van der Waals surface area (Å²) < 4.78 is 49.4. The second-order valence-electron chi connectivity index (χ2n) is 3.04. The molecule has 0 aliphatic carbocycles. The standard InChI is InChI=1S/C9H9F4N/c1-5-2-3-7(10)6(4-5)8(14)9(11,12)13/h2-4,8H,14H2,1H3. The summed E-state index contributed by atoms with van der Waals surface area (Å²) >= 11 is 0. The molecule has 0 radical (unpaired) electrons. The van der Waals surface area contributed by atoms with Gasteiger partial charge in [0.1, 0.15) is 11.9 Å². The second-order valence-corrected chi connectivity index (χ2v) is 3.04. The zero-order valence-corrected chi connectivity index (χ0v) is 7.40. The number of rotatable bonds is 1. The molecule has 1 rings (SSSR count). The molecule has 1 unspecified atom stereocenters. The normalized spacial score (nSPS) is 14.1. The van der Waals surface area contributed by atoms with Crippen LogP contribution in [-0.2, 0) is 0 Å². The van der Waals surface area contributed by atoms with Crippen LogP contribution in [0.25, 0.3) is 0 Å². The minimum Gasteiger partial charge on any atom is -0.316 e. The van der Waals surface area contributed by atoms with Crippen molar-refractivity contribution in [3.63, 3.8) is 0 Å². The lowest BCUT2D eigenvalue weighted by molar-refractivity contribution is -0.149. The summed E-state index contributed by atoms with van der Waals surface area (Å²) in [5.74, 6) is -0.930. The fourth-order valence-electron chi connectivity index (χ4n) is 1.08. The van der Waals surface area contributed by atoms with Crippen molar-refractivity contribution in [2.24, 2.45) is 5.73 Å². The van der Waals surface area contributed by atoms with Crippen molar-refractivity contribution in [3.8, 4) is 0 Å². The Labute approximate surface area is 78.5 Å². The third-order valence-electron chi connectivity index (χ3n) is 1.84. The van der Waals surface area contributed by atoms with Crippen LogP contribution in [-0.4, -0.2) is 6.18 Å². The molecule has 1 aromatic rings. The van der Waals surface area contributed by atoms with E-state index in [0.29, 0.717) is 5.56 Å². The summed E-state index contributed by atoms with van der Waals surface area (Å²) in [5.41, 5.74) is 4.90. The van der Waals surface area contributed by atoms with E-state index in [2.05, 4.69) is 0 Å². The van der Waals surface area contributed by atoms with E-state index in [9.17, 15) is 17.6 Å². The molecular formula is C9H9F4N. The first kappa shape index (κ1) is 11.0. The Balaban J connectivity index is 3.12. The lowest BCUT2D eigenvalue weighted by Gasteiger charge is -2.16. The molecule has 0 fully saturated rings. The summed E-state index contributed by atoms with van der Waals surface area (Å²) in [7, 11) is 0. The minimum atomic E-state index is -4.62. The van der Waals surface area contributed by atoms with E-state index in [0.717, 1.165) is 12.1 Å². The van der Waals surface area contributed by atoms with Crippen LogP contribution < -0.4 is 5.73 Å². The number of benzene rings is 1. The van der Waals surface area contributed by atoms with E-state index < -0.39 is 23.6 Å². The lowest BCUT2D eigenvalue weighted by atomic mass is 10.0. The maximum Gasteiger partial charge on any atom is 0.407 e. The highest BCUT2D eigenvalue weighted by Gasteiger charge is 2.39. The van der Waals surface area contributed by atoms with Crippen LogP contribution in [0.15, 0.2) is 18.2 Å². The van der Waals surface area contributed by atoms with E-state index in [1.807, 2.05) is 0 Å². The molecule has 78 valence electrons.